The zero-order chi connectivity index (χ0) is 22.1. The van der Waals surface area contributed by atoms with Crippen LogP contribution in [0.5, 0.6) is 0 Å². The van der Waals surface area contributed by atoms with E-state index in [1.165, 1.54) is 10.6 Å². The summed E-state index contributed by atoms with van der Waals surface area (Å²) in [6.07, 6.45) is 1.16. The number of aromatic amines is 1. The van der Waals surface area contributed by atoms with Crippen LogP contribution in [0.25, 0.3) is 11.2 Å². The Balaban J connectivity index is 1.72. The average Bonchev–Trinajstić information content (AvgIpc) is 3.12. The summed E-state index contributed by atoms with van der Waals surface area (Å²) in [5.41, 5.74) is 0.0265. The van der Waals surface area contributed by atoms with Gasteiger partial charge in [-0.1, -0.05) is 32.0 Å². The Kier molecular flexibility index (Phi) is 5.95. The van der Waals surface area contributed by atoms with E-state index in [1.807, 2.05) is 0 Å². The van der Waals surface area contributed by atoms with Gasteiger partial charge in [-0.25, -0.2) is 9.18 Å². The van der Waals surface area contributed by atoms with E-state index in [0.717, 1.165) is 39.1 Å². The Morgan fingerprint density at radius 3 is 2.52 bits per heavy atom. The number of piperazine rings is 1. The SMILES string of the molecule is CC(C)CCN1CCN(c2nc3c(c(=O)[nH]c(=O)n3C)n2Cc2ccccc2F)CC1. The molecule has 1 saturated heterocycles. The number of nitrogens with zero attached hydrogens (tertiary/aromatic N) is 5. The number of aromatic nitrogens is 4. The van der Waals surface area contributed by atoms with Gasteiger partial charge in [0.25, 0.3) is 5.56 Å². The Bertz CT molecular complexity index is 1190. The molecule has 0 atom stereocenters. The lowest BCUT2D eigenvalue weighted by molar-refractivity contribution is 0.242. The molecule has 0 saturated carbocycles. The number of aryl methyl sites for hydroxylation is 1. The Labute approximate surface area is 179 Å². The molecule has 0 spiro atoms. The van der Waals surface area contributed by atoms with Gasteiger partial charge in [-0.15, -0.1) is 0 Å². The van der Waals surface area contributed by atoms with Crippen molar-refractivity contribution in [3.63, 3.8) is 0 Å². The highest BCUT2D eigenvalue weighted by Crippen LogP contribution is 2.23. The number of rotatable bonds is 6. The third-order valence-corrected chi connectivity index (χ3v) is 5.95. The molecule has 9 heteroatoms. The van der Waals surface area contributed by atoms with Crippen LogP contribution in [0.15, 0.2) is 33.9 Å². The lowest BCUT2D eigenvalue weighted by atomic mass is 10.1. The van der Waals surface area contributed by atoms with Crippen molar-refractivity contribution in [1.29, 1.82) is 0 Å². The molecule has 1 fully saturated rings. The lowest BCUT2D eigenvalue weighted by Gasteiger charge is -2.35. The molecule has 8 nitrogen and oxygen atoms in total. The first-order valence-electron chi connectivity index (χ1n) is 10.8. The minimum atomic E-state index is -0.516. The number of imidazole rings is 1. The van der Waals surface area contributed by atoms with Gasteiger partial charge in [0.1, 0.15) is 5.82 Å². The van der Waals surface area contributed by atoms with Crippen molar-refractivity contribution in [2.45, 2.75) is 26.8 Å². The first kappa shape index (κ1) is 21.3. The number of anilines is 1. The van der Waals surface area contributed by atoms with Crippen LogP contribution >= 0.6 is 0 Å². The van der Waals surface area contributed by atoms with Gasteiger partial charge in [0.15, 0.2) is 11.2 Å². The fourth-order valence-corrected chi connectivity index (χ4v) is 4.02. The van der Waals surface area contributed by atoms with Crippen molar-refractivity contribution in [1.82, 2.24) is 24.0 Å². The molecule has 166 valence electrons. The van der Waals surface area contributed by atoms with E-state index < -0.39 is 11.2 Å². The smallest absolute Gasteiger partial charge is 0.329 e. The Morgan fingerprint density at radius 2 is 1.84 bits per heavy atom. The molecule has 1 aliphatic rings. The first-order valence-corrected chi connectivity index (χ1v) is 10.8. The quantitative estimate of drug-likeness (QED) is 0.648. The number of hydrogen-bond donors (Lipinski definition) is 1. The second-order valence-electron chi connectivity index (χ2n) is 8.59. The molecule has 0 bridgehead atoms. The second kappa shape index (κ2) is 8.66. The summed E-state index contributed by atoms with van der Waals surface area (Å²) in [5.74, 6) is 0.916. The van der Waals surface area contributed by atoms with Crippen molar-refractivity contribution in [2.24, 2.45) is 13.0 Å². The summed E-state index contributed by atoms with van der Waals surface area (Å²) in [7, 11) is 1.58. The van der Waals surface area contributed by atoms with Gasteiger partial charge in [-0.3, -0.25) is 23.8 Å². The third-order valence-electron chi connectivity index (χ3n) is 5.95. The normalized spacial score (nSPS) is 15.3. The van der Waals surface area contributed by atoms with Crippen LogP contribution in [0.2, 0.25) is 0 Å². The van der Waals surface area contributed by atoms with Crippen molar-refractivity contribution in [3.05, 3.63) is 56.5 Å². The summed E-state index contributed by atoms with van der Waals surface area (Å²) < 4.78 is 17.5. The molecule has 3 heterocycles. The number of benzene rings is 1. The number of fused-ring (bicyclic) bond motifs is 1. The standard InChI is InChI=1S/C22H29FN6O2/c1-15(2)8-9-27-10-12-28(13-11-27)21-24-19-18(20(30)25-22(31)26(19)3)29(21)14-16-6-4-5-7-17(16)23/h4-7,15H,8-14H2,1-3H3,(H,25,30,31). The van der Waals surface area contributed by atoms with Crippen LogP contribution in [0, 0.1) is 11.7 Å². The second-order valence-corrected chi connectivity index (χ2v) is 8.59. The predicted octanol–water partition coefficient (Wildman–Crippen LogP) is 1.78. The minimum absolute atomic E-state index is 0.160. The van der Waals surface area contributed by atoms with Crippen molar-refractivity contribution in [2.75, 3.05) is 37.6 Å². The third kappa shape index (κ3) is 4.27. The van der Waals surface area contributed by atoms with Crippen molar-refractivity contribution in [3.8, 4) is 0 Å². The molecule has 3 aromatic rings. The highest BCUT2D eigenvalue weighted by molar-refractivity contribution is 5.74. The molecule has 0 unspecified atom stereocenters. The number of H-pyrrole nitrogens is 1. The van der Waals surface area contributed by atoms with Gasteiger partial charge < -0.3 is 4.90 Å². The maximum atomic E-state index is 14.4. The van der Waals surface area contributed by atoms with E-state index in [1.54, 1.807) is 29.8 Å². The highest BCUT2D eigenvalue weighted by atomic mass is 19.1. The summed E-state index contributed by atoms with van der Waals surface area (Å²) in [4.78, 5) is 36.4. The summed E-state index contributed by atoms with van der Waals surface area (Å²) >= 11 is 0. The largest absolute Gasteiger partial charge is 0.340 e. The lowest BCUT2D eigenvalue weighted by Crippen LogP contribution is -2.47. The van der Waals surface area contributed by atoms with Gasteiger partial charge in [-0.05, 0) is 24.9 Å². The van der Waals surface area contributed by atoms with Crippen molar-refractivity contribution < 1.29 is 4.39 Å². The van der Waals surface area contributed by atoms with E-state index in [-0.39, 0.29) is 17.9 Å². The fourth-order valence-electron chi connectivity index (χ4n) is 4.02. The van der Waals surface area contributed by atoms with E-state index in [9.17, 15) is 14.0 Å². The van der Waals surface area contributed by atoms with Gasteiger partial charge >= 0.3 is 5.69 Å². The van der Waals surface area contributed by atoms with E-state index >= 15 is 0 Å². The Morgan fingerprint density at radius 1 is 1.13 bits per heavy atom. The molecular formula is C22H29FN6O2. The monoisotopic (exact) mass is 428 g/mol. The molecule has 4 rings (SSSR count). The van der Waals surface area contributed by atoms with Crippen molar-refractivity contribution >= 4 is 17.1 Å². The number of halogens is 1. The first-order chi connectivity index (χ1) is 14.8. The maximum absolute atomic E-state index is 14.4. The Hall–Kier alpha value is -2.94. The van der Waals surface area contributed by atoms with E-state index in [4.69, 9.17) is 0 Å². The van der Waals surface area contributed by atoms with Gasteiger partial charge in [0.05, 0.1) is 6.54 Å². The molecular weight excluding hydrogens is 399 g/mol. The minimum Gasteiger partial charge on any atom is -0.340 e. The van der Waals surface area contributed by atoms with Gasteiger partial charge in [0.2, 0.25) is 5.95 Å². The number of hydrogen-bond acceptors (Lipinski definition) is 5. The molecule has 0 radical (unpaired) electrons. The molecule has 2 aromatic heterocycles. The van der Waals surface area contributed by atoms with Crippen LogP contribution < -0.4 is 16.1 Å². The van der Waals surface area contributed by atoms with Gasteiger partial charge in [0, 0.05) is 38.8 Å². The highest BCUT2D eigenvalue weighted by Gasteiger charge is 2.25. The molecule has 0 aliphatic carbocycles. The topological polar surface area (TPSA) is 79.2 Å². The molecule has 0 amide bonds. The molecule has 1 N–H and O–H groups in total. The van der Waals surface area contributed by atoms with Gasteiger partial charge in [-0.2, -0.15) is 4.98 Å². The molecule has 1 aliphatic heterocycles. The predicted molar refractivity (Wildman–Crippen MR) is 119 cm³/mol. The summed E-state index contributed by atoms with van der Waals surface area (Å²) in [6, 6.07) is 6.51. The van der Waals surface area contributed by atoms with Crippen LogP contribution in [-0.4, -0.2) is 56.7 Å². The van der Waals surface area contributed by atoms with E-state index in [0.29, 0.717) is 23.1 Å². The molecule has 1 aromatic carbocycles. The summed E-state index contributed by atoms with van der Waals surface area (Å²) in [6.45, 7) is 8.97. The maximum Gasteiger partial charge on any atom is 0.329 e. The van der Waals surface area contributed by atoms with Crippen LogP contribution in [0.4, 0.5) is 10.3 Å². The van der Waals surface area contributed by atoms with Crippen LogP contribution in [-0.2, 0) is 13.6 Å². The average molecular weight is 429 g/mol. The zero-order valence-corrected chi connectivity index (χ0v) is 18.3. The summed E-state index contributed by atoms with van der Waals surface area (Å²) in [5, 5.41) is 0. The van der Waals surface area contributed by atoms with E-state index in [2.05, 4.69) is 33.6 Å². The molecule has 31 heavy (non-hydrogen) atoms. The number of nitrogens with one attached hydrogen (secondary N) is 1. The van der Waals surface area contributed by atoms with Crippen LogP contribution in [0.1, 0.15) is 25.8 Å². The van der Waals surface area contributed by atoms with Crippen LogP contribution in [0.3, 0.4) is 0 Å². The fraction of sp³-hybridized carbons (Fsp3) is 0.500. The zero-order valence-electron chi connectivity index (χ0n) is 18.3.